The quantitative estimate of drug-likeness (QED) is 0.260. The van der Waals surface area contributed by atoms with Gasteiger partial charge in [0.15, 0.2) is 17.5 Å². The van der Waals surface area contributed by atoms with Crippen molar-refractivity contribution in [3.63, 3.8) is 0 Å². The normalized spacial score (nSPS) is 11.6. The van der Waals surface area contributed by atoms with E-state index in [1.807, 2.05) is 66.7 Å². The van der Waals surface area contributed by atoms with Gasteiger partial charge in [-0.05, 0) is 41.5 Å². The van der Waals surface area contributed by atoms with Crippen LogP contribution in [-0.2, 0) is 0 Å². The average Bonchev–Trinajstić information content (AvgIpc) is 3.78. The fraction of sp³-hybridized carbons (Fsp3) is 0. The largest absolute Gasteiger partial charge is 0.455 e. The number of hydrogen-bond acceptors (Lipinski definition) is 4. The van der Waals surface area contributed by atoms with Crippen LogP contribution in [0, 0.1) is 0 Å². The van der Waals surface area contributed by atoms with Gasteiger partial charge in [0.05, 0.1) is 27.7 Å². The number of para-hydroxylation sites is 2. The highest BCUT2D eigenvalue weighted by atomic mass is 16.3. The van der Waals surface area contributed by atoms with Crippen molar-refractivity contribution >= 4 is 110 Å². The van der Waals surface area contributed by atoms with Gasteiger partial charge in [0.2, 0.25) is 0 Å². The Hall–Kier alpha value is -6.53. The van der Waals surface area contributed by atoms with Crippen LogP contribution in [0.15, 0.2) is 144 Å². The molecule has 0 bridgehead atoms. The zero-order valence-corrected chi connectivity index (χ0v) is 31.5. The number of hydrogen-bond donors (Lipinski definition) is 0. The molecule has 0 N–H and O–H groups in total. The van der Waals surface area contributed by atoms with Gasteiger partial charge in [-0.1, -0.05) is 120 Å². The molecule has 0 atom stereocenters. The molecule has 3 aromatic heterocycles. The summed E-state index contributed by atoms with van der Waals surface area (Å²) in [5, 5.41) is 4.48. The van der Waals surface area contributed by atoms with Crippen LogP contribution in [0.3, 0.4) is 0 Å². The Bertz CT molecular complexity index is 3070. The molecule has 0 unspecified atom stereocenters. The predicted octanol–water partition coefficient (Wildman–Crippen LogP) is 2.83. The van der Waals surface area contributed by atoms with Crippen LogP contribution >= 0.6 is 0 Å². The van der Waals surface area contributed by atoms with Crippen LogP contribution in [0.25, 0.3) is 94.7 Å². The number of furan rings is 1. The summed E-state index contributed by atoms with van der Waals surface area (Å²) in [6, 6.07) is 48.5. The molecule has 10 aromatic rings. The van der Waals surface area contributed by atoms with E-state index in [4.69, 9.17) is 19.4 Å². The summed E-state index contributed by atoms with van der Waals surface area (Å²) < 4.78 is 9.26. The van der Waals surface area contributed by atoms with Crippen molar-refractivity contribution in [2.75, 3.05) is 0 Å². The maximum absolute atomic E-state index is 6.84. The standard InChI is InChI=1S/C45H33B5N4O/c46-37-35(38(47)40(49)41(50)39(37)48)26-21-22-28-27-15-7-8-18-31(27)54(33(28)23-26)32-19-10-20-34-36(32)29-16-9-17-30(42(29)55-34)45-52-43(24-11-3-1-4-12-24)51-44(53-45)25-13-5-2-6-14-25/h1-23H,46-50H2. The van der Waals surface area contributed by atoms with E-state index in [-0.39, 0.29) is 0 Å². The highest BCUT2D eigenvalue weighted by Gasteiger charge is 2.22. The van der Waals surface area contributed by atoms with Gasteiger partial charge < -0.3 is 8.98 Å². The lowest BCUT2D eigenvalue weighted by Crippen LogP contribution is -2.55. The first-order chi connectivity index (χ1) is 26.9. The highest BCUT2D eigenvalue weighted by Crippen LogP contribution is 2.41. The van der Waals surface area contributed by atoms with E-state index in [1.165, 1.54) is 49.2 Å². The molecule has 0 spiro atoms. The summed E-state index contributed by atoms with van der Waals surface area (Å²) in [6.45, 7) is 0. The minimum Gasteiger partial charge on any atom is -0.455 e. The van der Waals surface area contributed by atoms with E-state index in [0.29, 0.717) is 17.5 Å². The van der Waals surface area contributed by atoms with E-state index in [2.05, 4.69) is 117 Å². The zero-order chi connectivity index (χ0) is 37.4. The Morgan fingerprint density at radius 3 is 1.69 bits per heavy atom. The average molecular weight is 700 g/mol. The number of fused-ring (bicyclic) bond motifs is 6. The predicted molar refractivity (Wildman–Crippen MR) is 244 cm³/mol. The highest BCUT2D eigenvalue weighted by molar-refractivity contribution is 6.68. The molecule has 0 fully saturated rings. The molecule has 10 heteroatoms. The van der Waals surface area contributed by atoms with E-state index in [0.717, 1.165) is 55.3 Å². The summed E-state index contributed by atoms with van der Waals surface area (Å²) in [6.07, 6.45) is 0. The summed E-state index contributed by atoms with van der Waals surface area (Å²) in [5.74, 6) is 1.79. The lowest BCUT2D eigenvalue weighted by atomic mass is 9.59. The van der Waals surface area contributed by atoms with E-state index in [1.54, 1.807) is 0 Å². The fourth-order valence-corrected chi connectivity index (χ4v) is 8.44. The molecular formula is C45H33B5N4O. The molecule has 10 rings (SSSR count). The van der Waals surface area contributed by atoms with Crippen LogP contribution in [-0.4, -0.2) is 58.8 Å². The first-order valence-electron chi connectivity index (χ1n) is 18.8. The zero-order valence-electron chi connectivity index (χ0n) is 31.5. The van der Waals surface area contributed by atoms with Crippen molar-refractivity contribution in [3.05, 3.63) is 140 Å². The lowest BCUT2D eigenvalue weighted by Gasteiger charge is -2.20. The second-order valence-corrected chi connectivity index (χ2v) is 14.6. The van der Waals surface area contributed by atoms with Gasteiger partial charge in [-0.15, -0.1) is 16.4 Å². The number of rotatable bonds is 5. The van der Waals surface area contributed by atoms with Crippen LogP contribution in [0.4, 0.5) is 0 Å². The molecule has 254 valence electrons. The Morgan fingerprint density at radius 2 is 1.00 bits per heavy atom. The van der Waals surface area contributed by atoms with Crippen molar-refractivity contribution in [3.8, 4) is 51.0 Å². The third-order valence-corrected chi connectivity index (χ3v) is 11.6. The van der Waals surface area contributed by atoms with Crippen molar-refractivity contribution in [2.45, 2.75) is 0 Å². The Labute approximate surface area is 323 Å². The number of aromatic nitrogens is 4. The first-order valence-corrected chi connectivity index (χ1v) is 18.8. The molecule has 0 saturated heterocycles. The molecule has 0 saturated carbocycles. The van der Waals surface area contributed by atoms with Crippen LogP contribution in [0.1, 0.15) is 0 Å². The summed E-state index contributed by atoms with van der Waals surface area (Å²) in [5.41, 5.74) is 16.9. The smallest absolute Gasteiger partial charge is 0.167 e. The van der Waals surface area contributed by atoms with Crippen LogP contribution in [0.5, 0.6) is 0 Å². The second kappa shape index (κ2) is 12.8. The van der Waals surface area contributed by atoms with Gasteiger partial charge in [-0.2, -0.15) is 0 Å². The fourth-order valence-electron chi connectivity index (χ4n) is 8.44. The first kappa shape index (κ1) is 33.1. The van der Waals surface area contributed by atoms with Crippen LogP contribution in [0.2, 0.25) is 0 Å². The van der Waals surface area contributed by atoms with Gasteiger partial charge in [0, 0.05) is 27.3 Å². The van der Waals surface area contributed by atoms with Gasteiger partial charge in [0.25, 0.3) is 0 Å². The topological polar surface area (TPSA) is 56.7 Å². The molecule has 5 nitrogen and oxygen atoms in total. The van der Waals surface area contributed by atoms with Crippen molar-refractivity contribution in [1.82, 2.24) is 19.5 Å². The summed E-state index contributed by atoms with van der Waals surface area (Å²) >= 11 is 0. The number of benzene rings is 7. The van der Waals surface area contributed by atoms with Crippen LogP contribution < -0.4 is 27.3 Å². The van der Waals surface area contributed by atoms with E-state index >= 15 is 0 Å². The van der Waals surface area contributed by atoms with E-state index in [9.17, 15) is 0 Å². The monoisotopic (exact) mass is 700 g/mol. The van der Waals surface area contributed by atoms with Crippen molar-refractivity contribution in [2.24, 2.45) is 0 Å². The minimum absolute atomic E-state index is 0.565. The van der Waals surface area contributed by atoms with Crippen molar-refractivity contribution in [1.29, 1.82) is 0 Å². The Morgan fingerprint density at radius 1 is 0.436 bits per heavy atom. The number of nitrogens with zero attached hydrogens (tertiary/aromatic N) is 4. The molecule has 0 aliphatic rings. The Balaban J connectivity index is 1.23. The molecule has 0 amide bonds. The third kappa shape index (κ3) is 5.19. The molecule has 55 heavy (non-hydrogen) atoms. The van der Waals surface area contributed by atoms with Crippen molar-refractivity contribution < 1.29 is 4.42 Å². The van der Waals surface area contributed by atoms with Gasteiger partial charge >= 0.3 is 0 Å². The molecule has 3 heterocycles. The van der Waals surface area contributed by atoms with Gasteiger partial charge in [-0.3, -0.25) is 0 Å². The van der Waals surface area contributed by atoms with Gasteiger partial charge in [-0.25, -0.2) is 15.0 Å². The molecule has 0 aliphatic carbocycles. The SMILES string of the molecule is Bc1c(B)c(B)c(-c2ccc3c4ccccc4n(-c4cccc5oc6c(-c7nc(-c8ccccc8)nc(-c8ccccc8)n7)cccc6c45)c3c2)c(B)c1B. The molecular weight excluding hydrogens is 667 g/mol. The lowest BCUT2D eigenvalue weighted by molar-refractivity contribution is 0.669. The minimum atomic E-state index is 0.565. The van der Waals surface area contributed by atoms with Gasteiger partial charge in [0.1, 0.15) is 50.4 Å². The summed E-state index contributed by atoms with van der Waals surface area (Å²) in [4.78, 5) is 15.0. The molecule has 0 radical (unpaired) electrons. The maximum Gasteiger partial charge on any atom is 0.167 e. The third-order valence-electron chi connectivity index (χ3n) is 11.6. The molecule has 0 aliphatic heterocycles. The Kier molecular flexibility index (Phi) is 7.70. The maximum atomic E-state index is 6.84. The van der Waals surface area contributed by atoms with E-state index < -0.39 is 0 Å². The second-order valence-electron chi connectivity index (χ2n) is 14.6. The molecule has 7 aromatic carbocycles. The summed E-state index contributed by atoms with van der Waals surface area (Å²) in [7, 11) is 11.3.